The maximum atomic E-state index is 11.4. The predicted molar refractivity (Wildman–Crippen MR) is 86.2 cm³/mol. The number of nitrogens with zero attached hydrogens (tertiary/aromatic N) is 1. The molecule has 0 radical (unpaired) electrons. The average Bonchev–Trinajstić information content (AvgIpc) is 2.89. The van der Waals surface area contributed by atoms with Crippen LogP contribution in [0.5, 0.6) is 11.5 Å². The van der Waals surface area contributed by atoms with E-state index in [-0.39, 0.29) is 0 Å². The van der Waals surface area contributed by atoms with Crippen LogP contribution in [-0.4, -0.2) is 30.3 Å². The third kappa shape index (κ3) is 3.39. The minimum Gasteiger partial charge on any atom is -0.493 e. The van der Waals surface area contributed by atoms with Crippen LogP contribution in [-0.2, 0) is 6.42 Å². The highest BCUT2D eigenvalue weighted by Crippen LogP contribution is 2.35. The summed E-state index contributed by atoms with van der Waals surface area (Å²) in [6.07, 6.45) is 0.644. The van der Waals surface area contributed by atoms with Gasteiger partial charge in [0.15, 0.2) is 11.5 Å². The molecule has 1 N–H and O–H groups in total. The third-order valence-electron chi connectivity index (χ3n) is 3.12. The Morgan fingerprint density at radius 1 is 1.27 bits per heavy atom. The van der Waals surface area contributed by atoms with Gasteiger partial charge < -0.3 is 14.6 Å². The number of carbonyl (C=O) groups is 1. The molecule has 22 heavy (non-hydrogen) atoms. The molecular formula is C16H19NO4S. The minimum atomic E-state index is -0.931. The highest BCUT2D eigenvalue weighted by molar-refractivity contribution is 7.17. The molecule has 0 saturated heterocycles. The summed E-state index contributed by atoms with van der Waals surface area (Å²) in [5, 5.41) is 10.0. The van der Waals surface area contributed by atoms with Crippen LogP contribution in [0.1, 0.15) is 29.2 Å². The number of aromatic nitrogens is 1. The second-order valence-corrected chi connectivity index (χ2v) is 6.27. The Bertz CT molecular complexity index is 679. The molecule has 1 aromatic carbocycles. The standard InChI is InChI=1S/C16H19NO4S/c1-9(2)7-11-14(16(18)19)22-15(17-11)10-5-6-12(20-3)13(8-10)21-4/h5-6,8-9H,7H2,1-4H3,(H,18,19). The van der Waals surface area contributed by atoms with E-state index in [1.165, 1.54) is 11.3 Å². The summed E-state index contributed by atoms with van der Waals surface area (Å²) in [5.74, 6) is 0.638. The molecule has 1 aromatic heterocycles. The summed E-state index contributed by atoms with van der Waals surface area (Å²) in [7, 11) is 3.14. The van der Waals surface area contributed by atoms with Gasteiger partial charge in [-0.2, -0.15) is 0 Å². The van der Waals surface area contributed by atoms with Gasteiger partial charge in [-0.1, -0.05) is 13.8 Å². The monoisotopic (exact) mass is 321 g/mol. The molecule has 0 aliphatic rings. The van der Waals surface area contributed by atoms with Crippen molar-refractivity contribution in [1.29, 1.82) is 0 Å². The topological polar surface area (TPSA) is 68.7 Å². The first-order valence-corrected chi connectivity index (χ1v) is 7.73. The average molecular weight is 321 g/mol. The van der Waals surface area contributed by atoms with Crippen LogP contribution in [0.25, 0.3) is 10.6 Å². The van der Waals surface area contributed by atoms with Crippen LogP contribution >= 0.6 is 11.3 Å². The summed E-state index contributed by atoms with van der Waals surface area (Å²) in [6, 6.07) is 5.45. The molecule has 0 aliphatic carbocycles. The van der Waals surface area contributed by atoms with E-state index in [2.05, 4.69) is 4.98 Å². The fourth-order valence-corrected chi connectivity index (χ4v) is 3.06. The summed E-state index contributed by atoms with van der Waals surface area (Å²) in [5.41, 5.74) is 1.46. The van der Waals surface area contributed by atoms with Crippen molar-refractivity contribution in [2.24, 2.45) is 5.92 Å². The minimum absolute atomic E-state index is 0.304. The normalized spacial score (nSPS) is 10.8. The molecule has 2 rings (SSSR count). The number of rotatable bonds is 6. The van der Waals surface area contributed by atoms with E-state index < -0.39 is 5.97 Å². The smallest absolute Gasteiger partial charge is 0.347 e. The molecule has 0 saturated carbocycles. The molecule has 5 nitrogen and oxygen atoms in total. The van der Waals surface area contributed by atoms with E-state index in [0.29, 0.717) is 39.4 Å². The van der Waals surface area contributed by atoms with E-state index >= 15 is 0 Å². The largest absolute Gasteiger partial charge is 0.493 e. The molecule has 0 bridgehead atoms. The lowest BCUT2D eigenvalue weighted by Crippen LogP contribution is -2.02. The Kier molecular flexibility index (Phi) is 5.03. The number of benzene rings is 1. The Morgan fingerprint density at radius 2 is 1.95 bits per heavy atom. The predicted octanol–water partition coefficient (Wildman–Crippen LogP) is 3.72. The van der Waals surface area contributed by atoms with Crippen LogP contribution < -0.4 is 9.47 Å². The lowest BCUT2D eigenvalue weighted by Gasteiger charge is -2.08. The lowest BCUT2D eigenvalue weighted by atomic mass is 10.1. The van der Waals surface area contributed by atoms with Crippen molar-refractivity contribution < 1.29 is 19.4 Å². The SMILES string of the molecule is COc1ccc(-c2nc(CC(C)C)c(C(=O)O)s2)cc1OC. The molecule has 0 fully saturated rings. The maximum Gasteiger partial charge on any atom is 0.347 e. The van der Waals surface area contributed by atoms with Crippen molar-refractivity contribution in [3.63, 3.8) is 0 Å². The summed E-state index contributed by atoms with van der Waals surface area (Å²) < 4.78 is 10.5. The number of hydrogen-bond donors (Lipinski definition) is 1. The van der Waals surface area contributed by atoms with E-state index in [1.807, 2.05) is 26.0 Å². The van der Waals surface area contributed by atoms with Gasteiger partial charge in [0.1, 0.15) is 9.88 Å². The summed E-state index contributed by atoms with van der Waals surface area (Å²) >= 11 is 1.19. The molecule has 0 atom stereocenters. The van der Waals surface area contributed by atoms with Gasteiger partial charge in [0.05, 0.1) is 19.9 Å². The maximum absolute atomic E-state index is 11.4. The van der Waals surface area contributed by atoms with Gasteiger partial charge in [0.25, 0.3) is 0 Å². The number of hydrogen-bond acceptors (Lipinski definition) is 5. The lowest BCUT2D eigenvalue weighted by molar-refractivity contribution is 0.0700. The van der Waals surface area contributed by atoms with Crippen LogP contribution in [0.2, 0.25) is 0 Å². The van der Waals surface area contributed by atoms with Gasteiger partial charge in [-0.15, -0.1) is 11.3 Å². The summed E-state index contributed by atoms with van der Waals surface area (Å²) in [6.45, 7) is 4.09. The zero-order chi connectivity index (χ0) is 16.3. The Balaban J connectivity index is 2.46. The number of carboxylic acids is 1. The molecule has 6 heteroatoms. The first-order valence-electron chi connectivity index (χ1n) is 6.91. The van der Waals surface area contributed by atoms with Crippen molar-refractivity contribution in [3.8, 4) is 22.1 Å². The molecule has 0 aliphatic heterocycles. The molecule has 0 unspecified atom stereocenters. The molecule has 1 heterocycles. The molecule has 118 valence electrons. The first-order chi connectivity index (χ1) is 10.5. The Labute approximate surface area is 133 Å². The molecule has 2 aromatic rings. The first kappa shape index (κ1) is 16.3. The van der Waals surface area contributed by atoms with E-state index in [0.717, 1.165) is 5.56 Å². The zero-order valence-electron chi connectivity index (χ0n) is 13.0. The molecular weight excluding hydrogens is 302 g/mol. The Hall–Kier alpha value is -2.08. The third-order valence-corrected chi connectivity index (χ3v) is 4.26. The van der Waals surface area contributed by atoms with E-state index in [9.17, 15) is 9.90 Å². The van der Waals surface area contributed by atoms with Crippen molar-refractivity contribution in [2.45, 2.75) is 20.3 Å². The second kappa shape index (κ2) is 6.79. The van der Waals surface area contributed by atoms with Crippen molar-refractivity contribution in [2.75, 3.05) is 14.2 Å². The molecule has 0 amide bonds. The van der Waals surface area contributed by atoms with Crippen molar-refractivity contribution in [1.82, 2.24) is 4.98 Å². The zero-order valence-corrected chi connectivity index (χ0v) is 13.9. The van der Waals surface area contributed by atoms with E-state index in [4.69, 9.17) is 9.47 Å². The highest BCUT2D eigenvalue weighted by atomic mass is 32.1. The van der Waals surface area contributed by atoms with Gasteiger partial charge in [0, 0.05) is 5.56 Å². The van der Waals surface area contributed by atoms with Gasteiger partial charge in [0.2, 0.25) is 0 Å². The number of thiazole rings is 1. The summed E-state index contributed by atoms with van der Waals surface area (Å²) in [4.78, 5) is 16.2. The fraction of sp³-hybridized carbons (Fsp3) is 0.375. The number of carboxylic acid groups (broad SMARTS) is 1. The quantitative estimate of drug-likeness (QED) is 0.878. The second-order valence-electron chi connectivity index (χ2n) is 5.27. The van der Waals surface area contributed by atoms with Gasteiger partial charge >= 0.3 is 5.97 Å². The van der Waals surface area contributed by atoms with Crippen LogP contribution in [0.4, 0.5) is 0 Å². The van der Waals surface area contributed by atoms with Crippen LogP contribution in [0, 0.1) is 5.92 Å². The van der Waals surface area contributed by atoms with Crippen LogP contribution in [0.15, 0.2) is 18.2 Å². The van der Waals surface area contributed by atoms with Gasteiger partial charge in [-0.05, 0) is 30.5 Å². The van der Waals surface area contributed by atoms with Crippen LogP contribution in [0.3, 0.4) is 0 Å². The van der Waals surface area contributed by atoms with Crippen molar-refractivity contribution in [3.05, 3.63) is 28.8 Å². The highest BCUT2D eigenvalue weighted by Gasteiger charge is 2.19. The van der Waals surface area contributed by atoms with Gasteiger partial charge in [-0.25, -0.2) is 9.78 Å². The number of ether oxygens (including phenoxy) is 2. The Morgan fingerprint density at radius 3 is 2.50 bits per heavy atom. The van der Waals surface area contributed by atoms with E-state index in [1.54, 1.807) is 20.3 Å². The fourth-order valence-electron chi connectivity index (χ4n) is 2.14. The molecule has 0 spiro atoms. The number of aromatic carboxylic acids is 1. The van der Waals surface area contributed by atoms with Crippen molar-refractivity contribution >= 4 is 17.3 Å². The van der Waals surface area contributed by atoms with Gasteiger partial charge in [-0.3, -0.25) is 0 Å². The number of methoxy groups -OCH3 is 2.